The van der Waals surface area contributed by atoms with E-state index in [2.05, 4.69) is 13.8 Å². The second-order valence-corrected chi connectivity index (χ2v) is 9.63. The van der Waals surface area contributed by atoms with Crippen LogP contribution < -0.4 is 0 Å². The van der Waals surface area contributed by atoms with E-state index >= 15 is 0 Å². The summed E-state index contributed by atoms with van der Waals surface area (Å²) in [7, 11) is 0. The molecule has 0 heterocycles. The molecule has 0 amide bonds. The molecular weight excluding hydrogens is 340 g/mol. The molecule has 0 aromatic rings. The van der Waals surface area contributed by atoms with E-state index < -0.39 is 11.4 Å². The highest BCUT2D eigenvalue weighted by atomic mass is 16.4. The van der Waals surface area contributed by atoms with Gasteiger partial charge >= 0.3 is 5.97 Å². The number of allylic oxidation sites excluding steroid dienone is 6. The Morgan fingerprint density at radius 3 is 2.30 bits per heavy atom. The first-order valence-electron chi connectivity index (χ1n) is 9.99. The van der Waals surface area contributed by atoms with Gasteiger partial charge in [-0.1, -0.05) is 19.4 Å². The number of hydrogen-bond acceptors (Lipinski definition) is 3. The van der Waals surface area contributed by atoms with Gasteiger partial charge in [-0.2, -0.15) is 0 Å². The molecule has 3 atom stereocenters. The Hall–Kier alpha value is -1.97. The highest BCUT2D eigenvalue weighted by molar-refractivity contribution is 6.14. The fourth-order valence-electron chi connectivity index (χ4n) is 6.05. The van der Waals surface area contributed by atoms with Gasteiger partial charge in [-0.3, -0.25) is 14.4 Å². The first-order valence-corrected chi connectivity index (χ1v) is 9.99. The zero-order valence-electron chi connectivity index (χ0n) is 16.7. The molecule has 4 rings (SSSR count). The Balaban J connectivity index is 1.91. The van der Waals surface area contributed by atoms with Gasteiger partial charge in [-0.25, -0.2) is 0 Å². The highest BCUT2D eigenvalue weighted by Gasteiger charge is 2.58. The van der Waals surface area contributed by atoms with Crippen LogP contribution >= 0.6 is 0 Å². The van der Waals surface area contributed by atoms with Crippen molar-refractivity contribution in [1.82, 2.24) is 0 Å². The number of carboxylic acids is 1. The summed E-state index contributed by atoms with van der Waals surface area (Å²) in [5, 5.41) is 9.75. The van der Waals surface area contributed by atoms with Gasteiger partial charge in [-0.05, 0) is 75.2 Å². The van der Waals surface area contributed by atoms with Crippen molar-refractivity contribution >= 4 is 17.5 Å². The molecule has 0 spiro atoms. The summed E-state index contributed by atoms with van der Waals surface area (Å²) in [6.07, 6.45) is 6.79. The Morgan fingerprint density at radius 1 is 1.00 bits per heavy atom. The summed E-state index contributed by atoms with van der Waals surface area (Å²) in [6, 6.07) is 0. The molecule has 0 radical (unpaired) electrons. The standard InChI is InChI=1S/C23H28O4/c1-13-17(24)7-10-23(4)19(13)18(25)11-16-15-12-21(2,20(26)27)8-5-14(15)6-9-22(16,23)3/h11H,5-10,12H2,1-4H3,(H,26,27). The van der Waals surface area contributed by atoms with Crippen LogP contribution in [0.2, 0.25) is 0 Å². The summed E-state index contributed by atoms with van der Waals surface area (Å²) in [5.74, 6) is -0.718. The molecule has 0 fully saturated rings. The molecule has 0 aromatic heterocycles. The van der Waals surface area contributed by atoms with Gasteiger partial charge in [0, 0.05) is 22.8 Å². The van der Waals surface area contributed by atoms with E-state index in [1.807, 2.05) is 6.92 Å². The number of carbonyl (C=O) groups is 3. The van der Waals surface area contributed by atoms with Crippen molar-refractivity contribution in [2.24, 2.45) is 16.2 Å². The quantitative estimate of drug-likeness (QED) is 0.737. The predicted molar refractivity (Wildman–Crippen MR) is 102 cm³/mol. The van der Waals surface area contributed by atoms with Gasteiger partial charge in [0.05, 0.1) is 5.41 Å². The third kappa shape index (κ3) is 2.25. The lowest BCUT2D eigenvalue weighted by atomic mass is 9.46. The molecule has 3 unspecified atom stereocenters. The monoisotopic (exact) mass is 368 g/mol. The fraction of sp³-hybridized carbons (Fsp3) is 0.609. The van der Waals surface area contributed by atoms with Crippen LogP contribution in [0.25, 0.3) is 0 Å². The molecule has 4 aliphatic carbocycles. The minimum Gasteiger partial charge on any atom is -0.481 e. The summed E-state index contributed by atoms with van der Waals surface area (Å²) in [4.78, 5) is 37.3. The van der Waals surface area contributed by atoms with Crippen LogP contribution in [0.1, 0.15) is 72.6 Å². The maximum atomic E-state index is 13.1. The first kappa shape index (κ1) is 18.4. The van der Waals surface area contributed by atoms with Crippen LogP contribution in [0.3, 0.4) is 0 Å². The molecule has 4 heteroatoms. The molecule has 27 heavy (non-hydrogen) atoms. The SMILES string of the molecule is CC1=C2C(=O)C=C3C4=C(CCC(C)(C(=O)O)C4)CCC3(C)C2(C)CCC1=O. The molecule has 144 valence electrons. The Bertz CT molecular complexity index is 886. The van der Waals surface area contributed by atoms with E-state index in [1.165, 1.54) is 5.57 Å². The molecule has 4 aliphatic rings. The van der Waals surface area contributed by atoms with Crippen LogP contribution in [0, 0.1) is 16.2 Å². The summed E-state index contributed by atoms with van der Waals surface area (Å²) >= 11 is 0. The Labute approximate surface area is 160 Å². The van der Waals surface area contributed by atoms with Gasteiger partial charge in [0.15, 0.2) is 11.6 Å². The Morgan fingerprint density at radius 2 is 1.63 bits per heavy atom. The Kier molecular flexibility index (Phi) is 3.76. The summed E-state index contributed by atoms with van der Waals surface area (Å²) in [5.41, 5.74) is 3.48. The third-order valence-electron chi connectivity index (χ3n) is 8.27. The van der Waals surface area contributed by atoms with Crippen molar-refractivity contribution in [2.75, 3.05) is 0 Å². The van der Waals surface area contributed by atoms with Crippen molar-refractivity contribution in [3.05, 3.63) is 33.9 Å². The third-order valence-corrected chi connectivity index (χ3v) is 8.27. The largest absolute Gasteiger partial charge is 0.481 e. The van der Waals surface area contributed by atoms with Crippen molar-refractivity contribution in [3.63, 3.8) is 0 Å². The minimum absolute atomic E-state index is 0.0492. The van der Waals surface area contributed by atoms with Crippen molar-refractivity contribution in [3.8, 4) is 0 Å². The van der Waals surface area contributed by atoms with Gasteiger partial charge in [-0.15, -0.1) is 0 Å². The molecule has 1 N–H and O–H groups in total. The summed E-state index contributed by atoms with van der Waals surface area (Å²) < 4.78 is 0. The van der Waals surface area contributed by atoms with Crippen molar-refractivity contribution in [1.29, 1.82) is 0 Å². The van der Waals surface area contributed by atoms with E-state index in [-0.39, 0.29) is 22.4 Å². The number of aliphatic carboxylic acids is 1. The number of ketones is 2. The predicted octanol–water partition coefficient (Wildman–Crippen LogP) is 4.55. The van der Waals surface area contributed by atoms with E-state index in [1.54, 1.807) is 13.0 Å². The number of Topliss-reactive ketones (excluding diaryl/α,β-unsaturated/α-hetero) is 1. The van der Waals surface area contributed by atoms with Gasteiger partial charge in [0.25, 0.3) is 0 Å². The lowest BCUT2D eigenvalue weighted by Gasteiger charge is -2.57. The maximum absolute atomic E-state index is 13.1. The fourth-order valence-corrected chi connectivity index (χ4v) is 6.05. The number of hydrogen-bond donors (Lipinski definition) is 1. The second-order valence-electron chi connectivity index (χ2n) is 9.63. The van der Waals surface area contributed by atoms with Gasteiger partial charge in [0.1, 0.15) is 0 Å². The van der Waals surface area contributed by atoms with Crippen LogP contribution in [0.15, 0.2) is 33.9 Å². The maximum Gasteiger partial charge on any atom is 0.309 e. The average molecular weight is 368 g/mol. The van der Waals surface area contributed by atoms with Crippen LogP contribution in [-0.2, 0) is 14.4 Å². The van der Waals surface area contributed by atoms with Crippen LogP contribution in [-0.4, -0.2) is 22.6 Å². The van der Waals surface area contributed by atoms with Crippen LogP contribution in [0.4, 0.5) is 0 Å². The topological polar surface area (TPSA) is 71.4 Å². The second kappa shape index (κ2) is 5.52. The lowest BCUT2D eigenvalue weighted by molar-refractivity contribution is -0.148. The zero-order chi connectivity index (χ0) is 19.8. The molecule has 0 bridgehead atoms. The molecule has 4 nitrogen and oxygen atoms in total. The van der Waals surface area contributed by atoms with Crippen molar-refractivity contribution < 1.29 is 19.5 Å². The van der Waals surface area contributed by atoms with E-state index in [9.17, 15) is 19.5 Å². The zero-order valence-corrected chi connectivity index (χ0v) is 16.7. The molecule has 0 saturated heterocycles. The van der Waals surface area contributed by atoms with Crippen molar-refractivity contribution in [2.45, 2.75) is 72.6 Å². The number of fused-ring (bicyclic) bond motifs is 4. The van der Waals surface area contributed by atoms with Gasteiger partial charge < -0.3 is 5.11 Å². The smallest absolute Gasteiger partial charge is 0.309 e. The molecular formula is C23H28O4. The lowest BCUT2D eigenvalue weighted by Crippen LogP contribution is -2.51. The molecule has 0 saturated carbocycles. The number of carboxylic acid groups (broad SMARTS) is 1. The normalized spacial score (nSPS) is 38.9. The van der Waals surface area contributed by atoms with Crippen LogP contribution in [0.5, 0.6) is 0 Å². The molecule has 0 aliphatic heterocycles. The molecule has 0 aromatic carbocycles. The average Bonchev–Trinajstić information content (AvgIpc) is 2.60. The number of carbonyl (C=O) groups excluding carboxylic acids is 2. The van der Waals surface area contributed by atoms with E-state index in [4.69, 9.17) is 0 Å². The van der Waals surface area contributed by atoms with E-state index in [0.29, 0.717) is 36.8 Å². The minimum atomic E-state index is -0.767. The van der Waals surface area contributed by atoms with E-state index in [0.717, 1.165) is 30.4 Å². The summed E-state index contributed by atoms with van der Waals surface area (Å²) in [6.45, 7) is 8.00. The van der Waals surface area contributed by atoms with Gasteiger partial charge in [0.2, 0.25) is 0 Å². The first-order chi connectivity index (χ1) is 12.5. The number of rotatable bonds is 1. The highest BCUT2D eigenvalue weighted by Crippen LogP contribution is 2.65.